The second-order valence-corrected chi connectivity index (χ2v) is 12.6. The predicted molar refractivity (Wildman–Crippen MR) is 179 cm³/mol. The minimum atomic E-state index is -0.560. The average Bonchev–Trinajstić information content (AvgIpc) is 3.40. The molecular formula is C33H36BrN5O7. The normalized spacial score (nSPS) is 10.8. The molecule has 4 N–H and O–H groups in total. The zero-order valence-electron chi connectivity index (χ0n) is 26.3. The van der Waals surface area contributed by atoms with Gasteiger partial charge in [0, 0.05) is 41.2 Å². The molecule has 2 heterocycles. The summed E-state index contributed by atoms with van der Waals surface area (Å²) in [5.74, 6) is -0.401. The van der Waals surface area contributed by atoms with Gasteiger partial charge in [-0.25, -0.2) is 9.59 Å². The van der Waals surface area contributed by atoms with E-state index in [1.165, 1.54) is 12.5 Å². The number of benzene rings is 2. The maximum atomic E-state index is 12.0. The van der Waals surface area contributed by atoms with Crippen LogP contribution in [-0.4, -0.2) is 40.2 Å². The topological polar surface area (TPSA) is 161 Å². The highest BCUT2D eigenvalue weighted by molar-refractivity contribution is 9.10. The first-order valence-corrected chi connectivity index (χ1v) is 14.8. The molecular weight excluding hydrogens is 658 g/mol. The molecule has 0 bridgehead atoms. The van der Waals surface area contributed by atoms with E-state index in [-0.39, 0.29) is 17.6 Å². The summed E-state index contributed by atoms with van der Waals surface area (Å²) in [6.07, 6.45) is 3.48. The largest absolute Gasteiger partial charge is 0.458 e. The van der Waals surface area contributed by atoms with E-state index >= 15 is 0 Å². The maximum absolute atomic E-state index is 12.0. The molecule has 0 fully saturated rings. The van der Waals surface area contributed by atoms with Gasteiger partial charge >= 0.3 is 12.2 Å². The Morgan fingerprint density at radius 2 is 1.11 bits per heavy atom. The molecule has 0 unspecified atom stereocenters. The number of amides is 4. The summed E-state index contributed by atoms with van der Waals surface area (Å²) in [6, 6.07) is 18.4. The summed E-state index contributed by atoms with van der Waals surface area (Å²) in [4.78, 5) is 51.1. The number of carbonyl (C=O) groups is 4. The third-order valence-electron chi connectivity index (χ3n) is 5.29. The van der Waals surface area contributed by atoms with Crippen LogP contribution in [0.15, 0.2) is 94.3 Å². The van der Waals surface area contributed by atoms with Gasteiger partial charge in [-0.15, -0.1) is 0 Å². The van der Waals surface area contributed by atoms with E-state index in [0.29, 0.717) is 32.8 Å². The van der Waals surface area contributed by atoms with Crippen LogP contribution in [0.2, 0.25) is 0 Å². The van der Waals surface area contributed by atoms with Crippen molar-refractivity contribution in [2.24, 2.45) is 0 Å². The molecule has 46 heavy (non-hydrogen) atoms. The van der Waals surface area contributed by atoms with Crippen molar-refractivity contribution in [2.75, 3.05) is 21.3 Å². The Hall–Kier alpha value is -5.17. The lowest BCUT2D eigenvalue weighted by Gasteiger charge is -2.19. The van der Waals surface area contributed by atoms with Crippen LogP contribution in [0.4, 0.5) is 32.3 Å². The summed E-state index contributed by atoms with van der Waals surface area (Å²) in [5, 5.41) is 10.7. The lowest BCUT2D eigenvalue weighted by molar-refractivity contribution is 0.0624. The number of aromatic nitrogens is 1. The van der Waals surface area contributed by atoms with Crippen LogP contribution in [0, 0.1) is 0 Å². The van der Waals surface area contributed by atoms with Crippen LogP contribution in [0.3, 0.4) is 0 Å². The molecule has 0 saturated carbocycles. The Labute approximate surface area is 275 Å². The Morgan fingerprint density at radius 3 is 1.48 bits per heavy atom. The summed E-state index contributed by atoms with van der Waals surface area (Å²) >= 11 is 3.21. The Kier molecular flexibility index (Phi) is 12.1. The Balaban J connectivity index is 0.000000250. The van der Waals surface area contributed by atoms with Crippen molar-refractivity contribution in [1.82, 2.24) is 4.98 Å². The molecule has 13 heteroatoms. The molecule has 0 spiro atoms. The smallest absolute Gasteiger partial charge is 0.412 e. The van der Waals surface area contributed by atoms with Gasteiger partial charge in [-0.05, 0) is 118 Å². The molecule has 4 amide bonds. The number of hydrogen-bond acceptors (Lipinski definition) is 8. The van der Waals surface area contributed by atoms with Gasteiger partial charge in [-0.2, -0.15) is 0 Å². The second kappa shape index (κ2) is 15.7. The number of nitrogens with zero attached hydrogens (tertiary/aromatic N) is 1. The molecule has 12 nitrogen and oxygen atoms in total. The Bertz CT molecular complexity index is 1630. The van der Waals surface area contributed by atoms with Gasteiger partial charge < -0.3 is 24.5 Å². The molecule has 0 atom stereocenters. The zero-order chi connectivity index (χ0) is 33.9. The number of halogens is 1. The van der Waals surface area contributed by atoms with E-state index in [4.69, 9.17) is 13.9 Å². The molecule has 0 aliphatic heterocycles. The van der Waals surface area contributed by atoms with Crippen LogP contribution in [-0.2, 0) is 9.47 Å². The highest BCUT2D eigenvalue weighted by atomic mass is 79.9. The highest BCUT2D eigenvalue weighted by Crippen LogP contribution is 2.19. The summed E-state index contributed by atoms with van der Waals surface area (Å²) in [6.45, 7) is 10.8. The standard InChI is InChI=1S/C17H19N3O3.C16H17BrN2O4/c1-17(2,3)23-16(22)20-14-8-6-13(7-9-14)19-15(21)12-5-4-10-18-11-12;1-16(2,3)23-15(21)19-12-6-4-11(5-7-12)18-14(20)13-8-10(17)9-22-13/h4-11H,1-3H3,(H,19,21)(H,20,22);4-9H,1-3H3,(H,18,20)(H,19,21). The van der Waals surface area contributed by atoms with Crippen LogP contribution in [0.1, 0.15) is 62.5 Å². The zero-order valence-corrected chi connectivity index (χ0v) is 27.9. The van der Waals surface area contributed by atoms with E-state index in [0.717, 1.165) is 0 Å². The van der Waals surface area contributed by atoms with E-state index in [2.05, 4.69) is 42.2 Å². The first-order valence-electron chi connectivity index (χ1n) is 14.0. The van der Waals surface area contributed by atoms with E-state index in [1.807, 2.05) is 0 Å². The third kappa shape index (κ3) is 12.8. The lowest BCUT2D eigenvalue weighted by atomic mass is 10.2. The third-order valence-corrected chi connectivity index (χ3v) is 5.71. The highest BCUT2D eigenvalue weighted by Gasteiger charge is 2.17. The van der Waals surface area contributed by atoms with Crippen LogP contribution in [0.25, 0.3) is 0 Å². The van der Waals surface area contributed by atoms with Gasteiger partial charge in [-0.3, -0.25) is 25.2 Å². The van der Waals surface area contributed by atoms with Crippen LogP contribution >= 0.6 is 15.9 Å². The van der Waals surface area contributed by atoms with Crippen molar-refractivity contribution >= 4 is 62.7 Å². The fourth-order valence-electron chi connectivity index (χ4n) is 3.44. The number of nitrogens with one attached hydrogen (secondary N) is 4. The van der Waals surface area contributed by atoms with E-state index in [1.54, 1.807) is 114 Å². The average molecular weight is 695 g/mol. The number of furan rings is 1. The monoisotopic (exact) mass is 693 g/mol. The second-order valence-electron chi connectivity index (χ2n) is 11.7. The van der Waals surface area contributed by atoms with Crippen molar-refractivity contribution < 1.29 is 33.1 Å². The minimum Gasteiger partial charge on any atom is -0.458 e. The molecule has 0 radical (unpaired) electrons. The van der Waals surface area contributed by atoms with Gasteiger partial charge in [0.25, 0.3) is 11.8 Å². The number of hydrogen-bond donors (Lipinski definition) is 4. The van der Waals surface area contributed by atoms with Crippen molar-refractivity contribution in [3.8, 4) is 0 Å². The van der Waals surface area contributed by atoms with Gasteiger partial charge in [0.1, 0.15) is 17.5 Å². The van der Waals surface area contributed by atoms with Gasteiger partial charge in [0.2, 0.25) is 0 Å². The summed E-state index contributed by atoms with van der Waals surface area (Å²) < 4.78 is 16.1. The number of pyridine rings is 1. The van der Waals surface area contributed by atoms with Crippen molar-refractivity contribution in [3.05, 3.63) is 101 Å². The SMILES string of the molecule is CC(C)(C)OC(=O)Nc1ccc(NC(=O)c2cc(Br)co2)cc1.CC(C)(C)OC(=O)Nc1ccc(NC(=O)c2cccnc2)cc1. The summed E-state index contributed by atoms with van der Waals surface area (Å²) in [7, 11) is 0. The fraction of sp³-hybridized carbons (Fsp3) is 0.242. The van der Waals surface area contributed by atoms with Gasteiger partial charge in [-0.1, -0.05) is 0 Å². The van der Waals surface area contributed by atoms with Crippen LogP contribution < -0.4 is 21.3 Å². The maximum Gasteiger partial charge on any atom is 0.412 e. The van der Waals surface area contributed by atoms with E-state index in [9.17, 15) is 19.2 Å². The molecule has 0 saturated heterocycles. The number of anilines is 4. The fourth-order valence-corrected chi connectivity index (χ4v) is 3.74. The molecule has 4 aromatic rings. The van der Waals surface area contributed by atoms with Crippen LogP contribution in [0.5, 0.6) is 0 Å². The van der Waals surface area contributed by atoms with E-state index < -0.39 is 23.4 Å². The molecule has 4 rings (SSSR count). The molecule has 2 aromatic carbocycles. The number of carbonyl (C=O) groups excluding carboxylic acids is 4. The number of rotatable bonds is 6. The lowest BCUT2D eigenvalue weighted by Crippen LogP contribution is -2.27. The van der Waals surface area contributed by atoms with Crippen molar-refractivity contribution in [1.29, 1.82) is 0 Å². The van der Waals surface area contributed by atoms with Gasteiger partial charge in [0.15, 0.2) is 5.76 Å². The predicted octanol–water partition coefficient (Wildman–Crippen LogP) is 8.32. The molecule has 0 aliphatic carbocycles. The quantitative estimate of drug-likeness (QED) is 0.157. The van der Waals surface area contributed by atoms with Crippen molar-refractivity contribution in [3.63, 3.8) is 0 Å². The molecule has 0 aliphatic rings. The summed E-state index contributed by atoms with van der Waals surface area (Å²) in [5.41, 5.74) is 1.71. The minimum absolute atomic E-state index is 0.202. The number of ether oxygens (including phenoxy) is 2. The first-order chi connectivity index (χ1) is 21.6. The first kappa shape index (κ1) is 35.3. The Morgan fingerprint density at radius 1 is 0.674 bits per heavy atom. The van der Waals surface area contributed by atoms with Gasteiger partial charge in [0.05, 0.1) is 10.0 Å². The van der Waals surface area contributed by atoms with Crippen molar-refractivity contribution in [2.45, 2.75) is 52.7 Å². The molecule has 2 aromatic heterocycles. The molecule has 242 valence electrons.